The minimum absolute atomic E-state index is 0.0756. The van der Waals surface area contributed by atoms with Crippen LogP contribution in [0.3, 0.4) is 0 Å². The molecule has 0 spiro atoms. The number of fused-ring (bicyclic) bond motifs is 1. The predicted octanol–water partition coefficient (Wildman–Crippen LogP) is 2.07. The maximum Gasteiger partial charge on any atom is 0.238 e. The molecule has 0 bridgehead atoms. The number of rotatable bonds is 2. The average Bonchev–Trinajstić information content (AvgIpc) is 2.74. The number of benzene rings is 3. The number of para-hydroxylation sites is 1. The van der Waals surface area contributed by atoms with Crippen molar-refractivity contribution < 1.29 is 16.8 Å². The minimum atomic E-state index is -3.58. The Labute approximate surface area is 186 Å². The fourth-order valence-electron chi connectivity index (χ4n) is 2.33. The highest BCUT2D eigenvalue weighted by Crippen LogP contribution is 2.10. The summed E-state index contributed by atoms with van der Waals surface area (Å²) in [5.41, 5.74) is 12.8. The maximum absolute atomic E-state index is 10.7. The molecule has 11 heteroatoms. The lowest BCUT2D eigenvalue weighted by molar-refractivity contribution is 0.596. The van der Waals surface area contributed by atoms with Crippen molar-refractivity contribution in [3.8, 4) is 0 Å². The van der Waals surface area contributed by atoms with Gasteiger partial charge in [0.25, 0.3) is 0 Å². The van der Waals surface area contributed by atoms with Crippen LogP contribution in [0.5, 0.6) is 0 Å². The van der Waals surface area contributed by atoms with E-state index in [-0.39, 0.29) is 9.79 Å². The molecule has 3 aromatic carbocycles. The lowest BCUT2D eigenvalue weighted by Gasteiger charge is -1.96. The van der Waals surface area contributed by atoms with Crippen LogP contribution in [0.1, 0.15) is 0 Å². The zero-order chi connectivity index (χ0) is 23.8. The Kier molecular flexibility index (Phi) is 8.27. The molecule has 0 saturated carbocycles. The molecule has 0 aliphatic heterocycles. The highest BCUT2D eigenvalue weighted by Gasteiger charge is 2.05. The molecule has 0 atom stereocenters. The van der Waals surface area contributed by atoms with Gasteiger partial charge >= 0.3 is 0 Å². The predicted molar refractivity (Wildman–Crippen MR) is 126 cm³/mol. The second-order valence-electron chi connectivity index (χ2n) is 6.42. The lowest BCUT2D eigenvalue weighted by Crippen LogP contribution is -2.11. The van der Waals surface area contributed by atoms with E-state index >= 15 is 0 Å². The molecular formula is C21H23N5O4S2. The topological polar surface area (TPSA) is 185 Å². The first-order chi connectivity index (χ1) is 15.0. The number of hydrogen-bond acceptors (Lipinski definition) is 7. The quantitative estimate of drug-likeness (QED) is 0.321. The van der Waals surface area contributed by atoms with Crippen LogP contribution in [0.25, 0.3) is 10.9 Å². The third-order valence-electron chi connectivity index (χ3n) is 3.93. The fraction of sp³-hybridized carbons (Fsp3) is 0. The highest BCUT2D eigenvalue weighted by atomic mass is 32.2. The van der Waals surface area contributed by atoms with Crippen LogP contribution in [0, 0.1) is 0 Å². The third-order valence-corrected chi connectivity index (χ3v) is 5.79. The first-order valence-corrected chi connectivity index (χ1v) is 12.1. The minimum Gasteiger partial charge on any atom is -0.399 e. The summed E-state index contributed by atoms with van der Waals surface area (Å²) in [6.07, 6.45) is 1.81. The number of sulfonamides is 2. The van der Waals surface area contributed by atoms with E-state index < -0.39 is 20.0 Å². The summed E-state index contributed by atoms with van der Waals surface area (Å²) in [7, 11) is -7.15. The Hall–Kier alpha value is -3.51. The van der Waals surface area contributed by atoms with Gasteiger partial charge in [-0.3, -0.25) is 4.98 Å². The average molecular weight is 474 g/mol. The normalized spacial score (nSPS) is 10.9. The Morgan fingerprint density at radius 2 is 0.969 bits per heavy atom. The van der Waals surface area contributed by atoms with Crippen LogP contribution in [0.2, 0.25) is 0 Å². The molecule has 0 unspecified atom stereocenters. The van der Waals surface area contributed by atoms with Gasteiger partial charge in [-0.05, 0) is 60.7 Å². The molecule has 0 saturated heterocycles. The summed E-state index contributed by atoms with van der Waals surface area (Å²) >= 11 is 0. The van der Waals surface area contributed by atoms with Crippen LogP contribution >= 0.6 is 0 Å². The van der Waals surface area contributed by atoms with Crippen molar-refractivity contribution in [1.82, 2.24) is 4.98 Å². The Balaban J connectivity index is 0.000000170. The fourth-order valence-corrected chi connectivity index (χ4v) is 3.36. The second-order valence-corrected chi connectivity index (χ2v) is 9.55. The first-order valence-electron chi connectivity index (χ1n) is 9.03. The van der Waals surface area contributed by atoms with Gasteiger partial charge in [0.05, 0.1) is 15.3 Å². The SMILES string of the molecule is Nc1ccc(S(N)(=O)=O)cc1.Nc1ccc(S(N)(=O)=O)cc1.c1ccc2ncccc2c1. The number of nitrogens with two attached hydrogens (primary N) is 4. The standard InChI is InChI=1S/C9H7N.2C6H8N2O2S/c1-2-6-9-8(4-1)5-3-7-10-9;2*7-5-1-3-6(4-2-5)11(8,9)10/h1-7H;2*1-4H,7H2,(H2,8,9,10). The molecule has 0 aliphatic carbocycles. The van der Waals surface area contributed by atoms with Crippen molar-refractivity contribution in [1.29, 1.82) is 0 Å². The van der Waals surface area contributed by atoms with E-state index in [1.54, 1.807) is 0 Å². The monoisotopic (exact) mass is 473 g/mol. The molecule has 0 radical (unpaired) electrons. The Morgan fingerprint density at radius 3 is 1.38 bits per heavy atom. The van der Waals surface area contributed by atoms with Gasteiger partial charge in [-0.25, -0.2) is 27.1 Å². The van der Waals surface area contributed by atoms with Crippen molar-refractivity contribution in [2.24, 2.45) is 10.3 Å². The summed E-state index contributed by atoms with van der Waals surface area (Å²) in [5, 5.41) is 10.9. The molecule has 1 aromatic heterocycles. The molecule has 1 heterocycles. The number of nitrogen functional groups attached to an aromatic ring is 2. The summed E-state index contributed by atoms with van der Waals surface area (Å²) in [5.74, 6) is 0. The maximum atomic E-state index is 10.7. The molecule has 0 aliphatic rings. The van der Waals surface area contributed by atoms with Gasteiger partial charge in [-0.15, -0.1) is 0 Å². The number of nitrogens with zero attached hydrogens (tertiary/aromatic N) is 1. The molecule has 9 nitrogen and oxygen atoms in total. The highest BCUT2D eigenvalue weighted by molar-refractivity contribution is 7.89. The van der Waals surface area contributed by atoms with Crippen molar-refractivity contribution in [2.75, 3.05) is 11.5 Å². The van der Waals surface area contributed by atoms with Crippen LogP contribution < -0.4 is 21.7 Å². The van der Waals surface area contributed by atoms with Gasteiger partial charge in [-0.1, -0.05) is 24.3 Å². The Morgan fingerprint density at radius 1 is 0.562 bits per heavy atom. The van der Waals surface area contributed by atoms with Crippen molar-refractivity contribution in [2.45, 2.75) is 9.79 Å². The number of hydrogen-bond donors (Lipinski definition) is 4. The summed E-state index contributed by atoms with van der Waals surface area (Å²) in [6.45, 7) is 0. The van der Waals surface area contributed by atoms with E-state index in [0.29, 0.717) is 11.4 Å². The largest absolute Gasteiger partial charge is 0.399 e. The van der Waals surface area contributed by atoms with Crippen LogP contribution in [0.15, 0.2) is 101 Å². The molecular weight excluding hydrogens is 450 g/mol. The molecule has 168 valence electrons. The third kappa shape index (κ3) is 7.96. The van der Waals surface area contributed by atoms with E-state index in [1.807, 2.05) is 30.5 Å². The Bertz CT molecular complexity index is 1240. The second kappa shape index (κ2) is 10.7. The van der Waals surface area contributed by atoms with E-state index in [9.17, 15) is 16.8 Å². The van der Waals surface area contributed by atoms with Crippen LogP contribution in [-0.2, 0) is 20.0 Å². The van der Waals surface area contributed by atoms with Gasteiger partial charge in [0, 0.05) is 23.0 Å². The first kappa shape index (κ1) is 24.8. The summed E-state index contributed by atoms with van der Waals surface area (Å²) < 4.78 is 42.7. The van der Waals surface area contributed by atoms with Crippen LogP contribution in [-0.4, -0.2) is 21.8 Å². The van der Waals surface area contributed by atoms with Crippen LogP contribution in [0.4, 0.5) is 11.4 Å². The van der Waals surface area contributed by atoms with Gasteiger partial charge in [0.15, 0.2) is 0 Å². The van der Waals surface area contributed by atoms with E-state index in [2.05, 4.69) is 17.1 Å². The van der Waals surface area contributed by atoms with Gasteiger partial charge < -0.3 is 11.5 Å². The van der Waals surface area contributed by atoms with Gasteiger partial charge in [0.1, 0.15) is 0 Å². The van der Waals surface area contributed by atoms with E-state index in [0.717, 1.165) is 5.52 Å². The molecule has 0 amide bonds. The zero-order valence-corrected chi connectivity index (χ0v) is 18.5. The smallest absolute Gasteiger partial charge is 0.238 e. The zero-order valence-electron chi connectivity index (χ0n) is 16.9. The summed E-state index contributed by atoms with van der Waals surface area (Å²) in [6, 6.07) is 23.5. The van der Waals surface area contributed by atoms with Crippen molar-refractivity contribution >= 4 is 42.3 Å². The van der Waals surface area contributed by atoms with E-state index in [1.165, 1.54) is 53.9 Å². The number of pyridine rings is 1. The van der Waals surface area contributed by atoms with Gasteiger partial charge in [0.2, 0.25) is 20.0 Å². The van der Waals surface area contributed by atoms with Crippen molar-refractivity contribution in [3.63, 3.8) is 0 Å². The summed E-state index contributed by atoms with van der Waals surface area (Å²) in [4.78, 5) is 4.33. The molecule has 0 fully saturated rings. The molecule has 4 rings (SSSR count). The lowest BCUT2D eigenvalue weighted by atomic mass is 10.2. The van der Waals surface area contributed by atoms with Crippen molar-refractivity contribution in [3.05, 3.63) is 91.1 Å². The molecule has 8 N–H and O–H groups in total. The number of aromatic nitrogens is 1. The van der Waals surface area contributed by atoms with Gasteiger partial charge in [-0.2, -0.15) is 0 Å². The molecule has 4 aromatic rings. The van der Waals surface area contributed by atoms with E-state index in [4.69, 9.17) is 21.7 Å². The number of primary sulfonamides is 2. The number of anilines is 2. The molecule has 32 heavy (non-hydrogen) atoms.